The molecule has 0 unspecified atom stereocenters. The number of ether oxygens (including phenoxy) is 2. The zero-order valence-electron chi connectivity index (χ0n) is 20.3. The van der Waals surface area contributed by atoms with Crippen LogP contribution in [0.15, 0.2) is 55.5 Å². The molecule has 1 fully saturated rings. The lowest BCUT2D eigenvalue weighted by atomic mass is 10.2. The summed E-state index contributed by atoms with van der Waals surface area (Å²) < 4.78 is 16.7. The summed E-state index contributed by atoms with van der Waals surface area (Å²) >= 11 is 6.10. The van der Waals surface area contributed by atoms with Crippen LogP contribution in [0.4, 0.5) is 0 Å². The van der Waals surface area contributed by atoms with E-state index in [1.54, 1.807) is 36.6 Å². The van der Waals surface area contributed by atoms with Crippen LogP contribution in [0.1, 0.15) is 46.1 Å². The first-order valence-corrected chi connectivity index (χ1v) is 12.5. The number of hydrogen-bond acceptors (Lipinski definition) is 6. The molecule has 11 heteroatoms. The highest BCUT2D eigenvalue weighted by Gasteiger charge is 2.25. The van der Waals surface area contributed by atoms with Crippen LogP contribution in [0.5, 0.6) is 5.75 Å². The van der Waals surface area contributed by atoms with E-state index in [4.69, 9.17) is 26.1 Å². The molecule has 1 aliphatic carbocycles. The second-order valence-electron chi connectivity index (χ2n) is 9.15. The molecule has 0 bridgehead atoms. The average molecular weight is 520 g/mol. The van der Waals surface area contributed by atoms with Gasteiger partial charge < -0.3 is 23.6 Å². The van der Waals surface area contributed by atoms with Gasteiger partial charge in [0.05, 0.1) is 54.7 Å². The lowest BCUT2D eigenvalue weighted by molar-refractivity contribution is 0.0950. The van der Waals surface area contributed by atoms with Crippen molar-refractivity contribution in [3.05, 3.63) is 83.0 Å². The molecule has 1 N–H and O–H groups in total. The lowest BCUT2D eigenvalue weighted by Gasteiger charge is -2.09. The van der Waals surface area contributed by atoms with Crippen molar-refractivity contribution in [3.8, 4) is 5.75 Å². The highest BCUT2D eigenvalue weighted by atomic mass is 35.5. The molecule has 5 aromatic rings. The molecule has 0 radical (unpaired) electrons. The zero-order valence-corrected chi connectivity index (χ0v) is 21.1. The van der Waals surface area contributed by atoms with Crippen molar-refractivity contribution < 1.29 is 14.3 Å². The maximum atomic E-state index is 12.8. The van der Waals surface area contributed by atoms with E-state index in [0.29, 0.717) is 36.3 Å². The van der Waals surface area contributed by atoms with Gasteiger partial charge in [0.25, 0.3) is 5.91 Å². The Morgan fingerprint density at radius 3 is 2.92 bits per heavy atom. The highest BCUT2D eigenvalue weighted by Crippen LogP contribution is 2.41. The number of imidazole rings is 2. The summed E-state index contributed by atoms with van der Waals surface area (Å²) in [4.78, 5) is 21.9. The third-order valence-corrected chi connectivity index (χ3v) is 6.63. The van der Waals surface area contributed by atoms with Crippen LogP contribution >= 0.6 is 11.6 Å². The molecule has 5 heterocycles. The average Bonchev–Trinajstić information content (AvgIpc) is 3.30. The van der Waals surface area contributed by atoms with E-state index in [-0.39, 0.29) is 12.5 Å². The first-order chi connectivity index (χ1) is 18.1. The summed E-state index contributed by atoms with van der Waals surface area (Å²) in [6, 6.07) is 5.70. The fourth-order valence-corrected chi connectivity index (χ4v) is 4.51. The summed E-state index contributed by atoms with van der Waals surface area (Å²) in [5.74, 6) is 1.11. The molecule has 0 atom stereocenters. The normalized spacial score (nSPS) is 13.5. The van der Waals surface area contributed by atoms with Crippen molar-refractivity contribution in [2.45, 2.75) is 31.8 Å². The number of amides is 1. The highest BCUT2D eigenvalue weighted by molar-refractivity contribution is 6.30. The Balaban J connectivity index is 1.15. The summed E-state index contributed by atoms with van der Waals surface area (Å²) in [7, 11) is 1.65. The summed E-state index contributed by atoms with van der Waals surface area (Å²) in [6.07, 6.45) is 13.3. The number of methoxy groups -OCH3 is 1. The molecule has 0 spiro atoms. The fourth-order valence-electron chi connectivity index (χ4n) is 4.35. The van der Waals surface area contributed by atoms with E-state index in [9.17, 15) is 4.79 Å². The molecule has 10 nitrogen and oxygen atoms in total. The molecule has 5 aromatic heterocycles. The SMILES string of the molecule is COCCOc1cc(C2CC2)cn2cc(Cn3cc(C(=O)NCc4ncn5ccc(Cl)cc45)cn3)nc12. The third kappa shape index (κ3) is 5.03. The Kier molecular flexibility index (Phi) is 6.27. The number of rotatable bonds is 10. The quantitative estimate of drug-likeness (QED) is 0.282. The number of pyridine rings is 2. The van der Waals surface area contributed by atoms with Crippen molar-refractivity contribution >= 4 is 28.7 Å². The molecule has 1 aliphatic rings. The van der Waals surface area contributed by atoms with Crippen molar-refractivity contribution in [3.63, 3.8) is 0 Å². The van der Waals surface area contributed by atoms with Crippen LogP contribution < -0.4 is 10.1 Å². The minimum absolute atomic E-state index is 0.229. The first-order valence-electron chi connectivity index (χ1n) is 12.1. The van der Waals surface area contributed by atoms with Gasteiger partial charge in [0.2, 0.25) is 0 Å². The van der Waals surface area contributed by atoms with E-state index < -0.39 is 0 Å². The Morgan fingerprint density at radius 2 is 2.08 bits per heavy atom. The maximum Gasteiger partial charge on any atom is 0.254 e. The van der Waals surface area contributed by atoms with Crippen LogP contribution in [0.25, 0.3) is 11.2 Å². The summed E-state index contributed by atoms with van der Waals surface area (Å²) in [5, 5.41) is 7.90. The maximum absolute atomic E-state index is 12.8. The molecule has 1 amide bonds. The van der Waals surface area contributed by atoms with Gasteiger partial charge in [-0.1, -0.05) is 11.6 Å². The summed E-state index contributed by atoms with van der Waals surface area (Å²) in [5.41, 5.74) is 4.89. The Bertz CT molecular complexity index is 1580. The second-order valence-corrected chi connectivity index (χ2v) is 9.59. The molecule has 190 valence electrons. The third-order valence-electron chi connectivity index (χ3n) is 6.40. The molecular weight excluding hydrogens is 494 g/mol. The van der Waals surface area contributed by atoms with E-state index >= 15 is 0 Å². The molecule has 1 saturated carbocycles. The van der Waals surface area contributed by atoms with Crippen molar-refractivity contribution in [2.75, 3.05) is 20.3 Å². The minimum atomic E-state index is -0.229. The molecule has 6 rings (SSSR count). The van der Waals surface area contributed by atoms with Crippen LogP contribution in [0, 0.1) is 0 Å². The monoisotopic (exact) mass is 519 g/mol. The Hall–Kier alpha value is -3.89. The van der Waals surface area contributed by atoms with E-state index in [1.807, 2.05) is 27.3 Å². The van der Waals surface area contributed by atoms with Gasteiger partial charge in [-0.2, -0.15) is 5.10 Å². The second kappa shape index (κ2) is 9.87. The molecule has 37 heavy (non-hydrogen) atoms. The van der Waals surface area contributed by atoms with E-state index in [2.05, 4.69) is 27.7 Å². The van der Waals surface area contributed by atoms with Gasteiger partial charge in [-0.25, -0.2) is 9.97 Å². The van der Waals surface area contributed by atoms with Crippen molar-refractivity contribution in [2.24, 2.45) is 0 Å². The Morgan fingerprint density at radius 1 is 1.19 bits per heavy atom. The standard InChI is InChI=1S/C26H26ClN7O3/c1-36-6-7-37-24-8-18(17-2-3-17)12-33-14-21(31-25(24)33)15-34-13-19(10-30-34)26(35)28-11-22-23-9-20(27)4-5-32(23)16-29-22/h4-5,8-10,12-14,16-17H,2-3,6-7,11,15H2,1H3,(H,28,35). The van der Waals surface area contributed by atoms with Crippen LogP contribution in [-0.2, 0) is 17.8 Å². The number of fused-ring (bicyclic) bond motifs is 2. The van der Waals surface area contributed by atoms with Gasteiger partial charge in [0, 0.05) is 36.9 Å². The van der Waals surface area contributed by atoms with Crippen molar-refractivity contribution in [1.29, 1.82) is 0 Å². The Labute approximate surface area is 217 Å². The van der Waals surface area contributed by atoms with Crippen LogP contribution in [0.3, 0.4) is 0 Å². The smallest absolute Gasteiger partial charge is 0.254 e. The first kappa shape index (κ1) is 23.5. The predicted octanol–water partition coefficient (Wildman–Crippen LogP) is 3.71. The van der Waals surface area contributed by atoms with Gasteiger partial charge in [-0.05, 0) is 42.5 Å². The largest absolute Gasteiger partial charge is 0.487 e. The molecule has 0 aliphatic heterocycles. The minimum Gasteiger partial charge on any atom is -0.487 e. The predicted molar refractivity (Wildman–Crippen MR) is 137 cm³/mol. The number of aromatic nitrogens is 6. The van der Waals surface area contributed by atoms with Gasteiger partial charge in [-0.3, -0.25) is 9.48 Å². The molecule has 0 aromatic carbocycles. The number of carbonyl (C=O) groups is 1. The summed E-state index contributed by atoms with van der Waals surface area (Å²) in [6.45, 7) is 1.68. The molecule has 0 saturated heterocycles. The van der Waals surface area contributed by atoms with Gasteiger partial charge in [0.1, 0.15) is 6.61 Å². The zero-order chi connectivity index (χ0) is 25.4. The van der Waals surface area contributed by atoms with Gasteiger partial charge in [-0.15, -0.1) is 0 Å². The topological polar surface area (TPSA) is 100.0 Å². The number of hydrogen-bond donors (Lipinski definition) is 1. The van der Waals surface area contributed by atoms with E-state index in [1.165, 1.54) is 18.4 Å². The van der Waals surface area contributed by atoms with Gasteiger partial charge >= 0.3 is 0 Å². The van der Waals surface area contributed by atoms with Gasteiger partial charge in [0.15, 0.2) is 11.4 Å². The van der Waals surface area contributed by atoms with Crippen molar-refractivity contribution in [1.82, 2.24) is 33.9 Å². The number of nitrogens with one attached hydrogen (secondary N) is 1. The van der Waals surface area contributed by atoms with Crippen LogP contribution in [0.2, 0.25) is 5.02 Å². The number of halogens is 1. The molecular formula is C26H26ClN7O3. The number of carbonyl (C=O) groups excluding carboxylic acids is 1. The van der Waals surface area contributed by atoms with E-state index in [0.717, 1.165) is 28.3 Å². The van der Waals surface area contributed by atoms with Crippen LogP contribution in [-0.4, -0.2) is 54.8 Å². The fraction of sp³-hybridized carbons (Fsp3) is 0.308. The number of nitrogens with zero attached hydrogens (tertiary/aromatic N) is 6. The lowest BCUT2D eigenvalue weighted by Crippen LogP contribution is -2.22.